The summed E-state index contributed by atoms with van der Waals surface area (Å²) < 4.78 is 5.34. The Balaban J connectivity index is 1.71. The van der Waals surface area contributed by atoms with Gasteiger partial charge in [-0.2, -0.15) is 0 Å². The zero-order valence-corrected chi connectivity index (χ0v) is 12.9. The Hall–Kier alpha value is -3.15. The highest BCUT2D eigenvalue weighted by molar-refractivity contribution is 6.02. The van der Waals surface area contributed by atoms with Crippen LogP contribution in [0.3, 0.4) is 0 Å². The molecule has 1 heterocycles. The average molecular weight is 324 g/mol. The number of rotatable bonds is 5. The fourth-order valence-corrected chi connectivity index (χ4v) is 2.46. The van der Waals surface area contributed by atoms with Crippen molar-refractivity contribution in [3.8, 4) is 5.75 Å². The number of hydrogen-bond donors (Lipinski definition) is 1. The number of ether oxygens (including phenoxy) is 1. The first-order chi connectivity index (χ1) is 11.7. The number of hydrogen-bond acceptors (Lipinski definition) is 4. The summed E-state index contributed by atoms with van der Waals surface area (Å²) in [7, 11) is 0. The molecular weight excluding hydrogens is 308 g/mol. The van der Waals surface area contributed by atoms with Gasteiger partial charge in [-0.15, -0.1) is 0 Å². The number of benzene rings is 2. The highest BCUT2D eigenvalue weighted by Crippen LogP contribution is 2.32. The molecule has 2 amide bonds. The molecule has 1 N–H and O–H groups in total. The Bertz CT molecular complexity index is 774. The largest absolute Gasteiger partial charge is 0.482 e. The molecule has 1 aliphatic heterocycles. The lowest BCUT2D eigenvalue weighted by Crippen LogP contribution is -2.45. The van der Waals surface area contributed by atoms with Gasteiger partial charge in [-0.05, 0) is 23.8 Å². The molecule has 0 bridgehead atoms. The second kappa shape index (κ2) is 6.95. The van der Waals surface area contributed by atoms with Crippen LogP contribution in [0, 0.1) is 0 Å². The molecule has 2 aromatic carbocycles. The highest BCUT2D eigenvalue weighted by Gasteiger charge is 2.27. The minimum absolute atomic E-state index is 0.121. The van der Waals surface area contributed by atoms with Crippen LogP contribution in [-0.2, 0) is 16.1 Å². The van der Waals surface area contributed by atoms with Gasteiger partial charge in [-0.3, -0.25) is 19.3 Å². The van der Waals surface area contributed by atoms with E-state index in [1.165, 1.54) is 4.90 Å². The second-order valence-electron chi connectivity index (χ2n) is 5.38. The van der Waals surface area contributed by atoms with Crippen molar-refractivity contribution in [1.29, 1.82) is 0 Å². The summed E-state index contributed by atoms with van der Waals surface area (Å²) in [6.45, 7) is 0.142. The average Bonchev–Trinajstić information content (AvgIpc) is 2.63. The monoisotopic (exact) mass is 324 g/mol. The maximum atomic E-state index is 12.2. The smallest absolute Gasteiger partial charge is 0.265 e. The minimum atomic E-state index is -0.319. The Kier molecular flexibility index (Phi) is 4.56. The maximum Gasteiger partial charge on any atom is 0.265 e. The molecule has 24 heavy (non-hydrogen) atoms. The van der Waals surface area contributed by atoms with Gasteiger partial charge in [0.15, 0.2) is 6.61 Å². The summed E-state index contributed by atoms with van der Waals surface area (Å²) >= 11 is 0. The van der Waals surface area contributed by atoms with Crippen molar-refractivity contribution in [3.63, 3.8) is 0 Å². The molecule has 0 unspecified atom stereocenters. The van der Waals surface area contributed by atoms with Gasteiger partial charge < -0.3 is 10.1 Å². The van der Waals surface area contributed by atoms with Gasteiger partial charge in [0, 0.05) is 12.1 Å². The number of fused-ring (bicyclic) bond motifs is 1. The van der Waals surface area contributed by atoms with E-state index >= 15 is 0 Å². The number of nitrogens with zero attached hydrogens (tertiary/aromatic N) is 1. The summed E-state index contributed by atoms with van der Waals surface area (Å²) in [4.78, 5) is 36.6. The molecule has 6 heteroatoms. The number of anilines is 1. The Morgan fingerprint density at radius 1 is 1.21 bits per heavy atom. The van der Waals surface area contributed by atoms with Crippen LogP contribution >= 0.6 is 0 Å². The molecule has 1 aliphatic rings. The van der Waals surface area contributed by atoms with E-state index in [0.717, 1.165) is 5.56 Å². The van der Waals surface area contributed by atoms with Gasteiger partial charge in [-0.1, -0.05) is 30.3 Å². The van der Waals surface area contributed by atoms with Gasteiger partial charge >= 0.3 is 0 Å². The molecular formula is C18H16N2O4. The van der Waals surface area contributed by atoms with Crippen molar-refractivity contribution in [2.75, 3.05) is 18.1 Å². The van der Waals surface area contributed by atoms with Crippen molar-refractivity contribution < 1.29 is 19.1 Å². The van der Waals surface area contributed by atoms with Crippen LogP contribution < -0.4 is 15.0 Å². The number of nitrogens with one attached hydrogen (secondary N) is 1. The molecule has 3 rings (SSSR count). The molecule has 0 fully saturated rings. The third kappa shape index (κ3) is 3.43. The number of carbonyl (C=O) groups is 3. The van der Waals surface area contributed by atoms with E-state index in [4.69, 9.17) is 4.74 Å². The first-order valence-corrected chi connectivity index (χ1v) is 7.50. The SMILES string of the molecule is O=Cc1ccc2c(c1)N(CC(=O)NCc1ccccc1)C(=O)CO2. The highest BCUT2D eigenvalue weighted by atomic mass is 16.5. The van der Waals surface area contributed by atoms with Crippen molar-refractivity contribution in [1.82, 2.24) is 5.32 Å². The summed E-state index contributed by atoms with van der Waals surface area (Å²) in [6.07, 6.45) is 0.688. The first kappa shape index (κ1) is 15.7. The molecule has 2 aromatic rings. The lowest BCUT2D eigenvalue weighted by Gasteiger charge is -2.29. The standard InChI is InChI=1S/C18H16N2O4/c21-11-14-6-7-16-15(8-14)20(18(23)12-24-16)10-17(22)19-9-13-4-2-1-3-5-13/h1-8,11H,9-10,12H2,(H,19,22). The molecule has 0 saturated carbocycles. The number of aldehydes is 1. The van der Waals surface area contributed by atoms with Gasteiger partial charge in [0.25, 0.3) is 5.91 Å². The van der Waals surface area contributed by atoms with Crippen LogP contribution in [0.1, 0.15) is 15.9 Å². The zero-order valence-electron chi connectivity index (χ0n) is 12.9. The Labute approximate surface area is 139 Å². The quantitative estimate of drug-likeness (QED) is 0.847. The van der Waals surface area contributed by atoms with E-state index in [1.807, 2.05) is 30.3 Å². The van der Waals surface area contributed by atoms with Crippen LogP contribution in [0.25, 0.3) is 0 Å². The van der Waals surface area contributed by atoms with Crippen molar-refractivity contribution in [3.05, 3.63) is 59.7 Å². The Morgan fingerprint density at radius 3 is 2.75 bits per heavy atom. The van der Waals surface area contributed by atoms with E-state index in [2.05, 4.69) is 5.32 Å². The molecule has 0 atom stereocenters. The third-order valence-corrected chi connectivity index (χ3v) is 3.70. The van der Waals surface area contributed by atoms with Gasteiger partial charge in [0.1, 0.15) is 18.6 Å². The summed E-state index contributed by atoms with van der Waals surface area (Å²) in [5.74, 6) is -0.118. The number of amides is 2. The molecule has 0 aromatic heterocycles. The van der Waals surface area contributed by atoms with E-state index in [9.17, 15) is 14.4 Å². The summed E-state index contributed by atoms with van der Waals surface area (Å²) in [5, 5.41) is 2.78. The second-order valence-corrected chi connectivity index (χ2v) is 5.38. The maximum absolute atomic E-state index is 12.2. The van der Waals surface area contributed by atoms with Crippen LogP contribution in [0.2, 0.25) is 0 Å². The van der Waals surface area contributed by atoms with Crippen LogP contribution in [0.5, 0.6) is 5.75 Å². The molecule has 0 aliphatic carbocycles. The first-order valence-electron chi connectivity index (χ1n) is 7.50. The lowest BCUT2D eigenvalue weighted by molar-refractivity contribution is -0.125. The fourth-order valence-electron chi connectivity index (χ4n) is 2.46. The van der Waals surface area contributed by atoms with Gasteiger partial charge in [-0.25, -0.2) is 0 Å². The lowest BCUT2D eigenvalue weighted by atomic mass is 10.1. The predicted octanol–water partition coefficient (Wildman–Crippen LogP) is 1.54. The Morgan fingerprint density at radius 2 is 2.00 bits per heavy atom. The molecule has 6 nitrogen and oxygen atoms in total. The van der Waals surface area contributed by atoms with Crippen molar-refractivity contribution >= 4 is 23.8 Å². The van der Waals surface area contributed by atoms with E-state index in [1.54, 1.807) is 18.2 Å². The van der Waals surface area contributed by atoms with Crippen molar-refractivity contribution in [2.45, 2.75) is 6.54 Å². The van der Waals surface area contributed by atoms with Crippen LogP contribution in [0.4, 0.5) is 5.69 Å². The van der Waals surface area contributed by atoms with Gasteiger partial charge in [0.05, 0.1) is 5.69 Å². The number of carbonyl (C=O) groups excluding carboxylic acids is 3. The molecule has 0 saturated heterocycles. The van der Waals surface area contributed by atoms with E-state index in [0.29, 0.717) is 29.8 Å². The molecule has 0 spiro atoms. The van der Waals surface area contributed by atoms with Crippen LogP contribution in [-0.4, -0.2) is 31.3 Å². The zero-order chi connectivity index (χ0) is 16.9. The van der Waals surface area contributed by atoms with E-state index in [-0.39, 0.29) is 25.0 Å². The summed E-state index contributed by atoms with van der Waals surface area (Å²) in [6, 6.07) is 14.3. The topological polar surface area (TPSA) is 75.7 Å². The minimum Gasteiger partial charge on any atom is -0.482 e. The fraction of sp³-hybridized carbons (Fsp3) is 0.167. The molecule has 0 radical (unpaired) electrons. The predicted molar refractivity (Wildman–Crippen MR) is 88.0 cm³/mol. The van der Waals surface area contributed by atoms with Crippen molar-refractivity contribution in [2.24, 2.45) is 0 Å². The third-order valence-electron chi connectivity index (χ3n) is 3.70. The van der Waals surface area contributed by atoms with Gasteiger partial charge in [0.2, 0.25) is 5.91 Å². The summed E-state index contributed by atoms with van der Waals surface area (Å²) in [5.41, 5.74) is 1.83. The van der Waals surface area contributed by atoms with Crippen LogP contribution in [0.15, 0.2) is 48.5 Å². The normalized spacial score (nSPS) is 13.0. The molecule has 122 valence electrons. The van der Waals surface area contributed by atoms with E-state index < -0.39 is 0 Å².